The molecule has 0 aliphatic heterocycles. The summed E-state index contributed by atoms with van der Waals surface area (Å²) in [5.74, 6) is 0. The molecule has 1 rings (SSSR count). The van der Waals surface area contributed by atoms with Crippen molar-refractivity contribution in [2.45, 2.75) is 31.4 Å². The zero-order valence-electron chi connectivity index (χ0n) is 7.28. The van der Waals surface area contributed by atoms with E-state index < -0.39 is 29.3 Å². The van der Waals surface area contributed by atoms with Gasteiger partial charge in [0.2, 0.25) is 0 Å². The van der Waals surface area contributed by atoms with Crippen molar-refractivity contribution >= 4 is 10.2 Å². The lowest BCUT2D eigenvalue weighted by Gasteiger charge is -2.11. The van der Waals surface area contributed by atoms with Gasteiger partial charge in [-0.2, -0.15) is 17.9 Å². The van der Waals surface area contributed by atoms with Crippen LogP contribution in [0.15, 0.2) is 0 Å². The lowest BCUT2D eigenvalue weighted by atomic mass is 10.4. The molecular weight excluding hydrogens is 218 g/mol. The van der Waals surface area contributed by atoms with E-state index in [-0.39, 0.29) is 6.04 Å². The van der Waals surface area contributed by atoms with Crippen LogP contribution in [0.3, 0.4) is 0 Å². The second kappa shape index (κ2) is 4.47. The number of alkyl halides is 2. The van der Waals surface area contributed by atoms with Crippen molar-refractivity contribution in [2.75, 3.05) is 6.54 Å². The van der Waals surface area contributed by atoms with E-state index in [1.165, 1.54) is 0 Å². The van der Waals surface area contributed by atoms with Crippen LogP contribution in [0.25, 0.3) is 0 Å². The highest BCUT2D eigenvalue weighted by molar-refractivity contribution is 7.87. The molecule has 1 aliphatic rings. The first-order chi connectivity index (χ1) is 6.41. The van der Waals surface area contributed by atoms with Gasteiger partial charge < -0.3 is 5.11 Å². The smallest absolute Gasteiger partial charge is 0.277 e. The monoisotopic (exact) mass is 230 g/mol. The van der Waals surface area contributed by atoms with E-state index in [9.17, 15) is 17.2 Å². The van der Waals surface area contributed by atoms with E-state index >= 15 is 0 Å². The normalized spacial score (nSPS) is 20.0. The van der Waals surface area contributed by atoms with E-state index in [0.29, 0.717) is 0 Å². The molecule has 0 radical (unpaired) electrons. The molecule has 1 atom stereocenters. The average molecular weight is 230 g/mol. The van der Waals surface area contributed by atoms with Gasteiger partial charge in [0.1, 0.15) is 6.10 Å². The van der Waals surface area contributed by atoms with Gasteiger partial charge in [-0.05, 0) is 12.8 Å². The maximum Gasteiger partial charge on any atom is 0.277 e. The summed E-state index contributed by atoms with van der Waals surface area (Å²) in [5, 5.41) is 8.63. The van der Waals surface area contributed by atoms with Crippen LogP contribution in [0.1, 0.15) is 12.8 Å². The summed E-state index contributed by atoms with van der Waals surface area (Å²) in [6.45, 7) is -0.681. The molecule has 0 aromatic carbocycles. The summed E-state index contributed by atoms with van der Waals surface area (Å²) in [6, 6.07) is -0.0869. The van der Waals surface area contributed by atoms with E-state index in [1.807, 2.05) is 4.72 Å². The molecular formula is C6H12F2N2O3S. The molecule has 8 heteroatoms. The molecule has 0 spiro atoms. The van der Waals surface area contributed by atoms with Crippen LogP contribution in [-0.4, -0.2) is 38.6 Å². The van der Waals surface area contributed by atoms with Gasteiger partial charge in [0.05, 0.1) is 0 Å². The van der Waals surface area contributed by atoms with Gasteiger partial charge in [-0.15, -0.1) is 0 Å². The minimum atomic E-state index is -3.74. The number of hydrogen-bond acceptors (Lipinski definition) is 3. The largest absolute Gasteiger partial charge is 0.386 e. The van der Waals surface area contributed by atoms with Crippen molar-refractivity contribution < 1.29 is 22.3 Å². The minimum Gasteiger partial charge on any atom is -0.386 e. The molecule has 5 nitrogen and oxygen atoms in total. The van der Waals surface area contributed by atoms with Crippen LogP contribution in [0, 0.1) is 0 Å². The Bertz CT molecular complexity index is 279. The topological polar surface area (TPSA) is 78.4 Å². The fourth-order valence-electron chi connectivity index (χ4n) is 0.746. The summed E-state index contributed by atoms with van der Waals surface area (Å²) in [7, 11) is -3.74. The average Bonchev–Trinajstić information content (AvgIpc) is 2.83. The van der Waals surface area contributed by atoms with Crippen molar-refractivity contribution in [2.24, 2.45) is 0 Å². The molecule has 0 aromatic heterocycles. The minimum absolute atomic E-state index is 0.0869. The first-order valence-corrected chi connectivity index (χ1v) is 5.62. The summed E-state index contributed by atoms with van der Waals surface area (Å²) in [4.78, 5) is 0. The fraction of sp³-hybridized carbons (Fsp3) is 1.00. The molecule has 0 aromatic rings. The first-order valence-electron chi connectivity index (χ1n) is 4.14. The van der Waals surface area contributed by atoms with E-state index in [4.69, 9.17) is 5.11 Å². The standard InChI is InChI=1S/C6H12F2N2O3S/c7-6(8)5(11)3-9-14(12,13)10-4-1-2-4/h4-6,9-11H,1-3H2. The van der Waals surface area contributed by atoms with Gasteiger partial charge in [-0.1, -0.05) is 0 Å². The second-order valence-electron chi connectivity index (χ2n) is 3.15. The molecule has 1 aliphatic carbocycles. The van der Waals surface area contributed by atoms with Crippen LogP contribution >= 0.6 is 0 Å². The molecule has 1 saturated carbocycles. The van der Waals surface area contributed by atoms with Crippen molar-refractivity contribution in [3.63, 3.8) is 0 Å². The molecule has 1 fully saturated rings. The van der Waals surface area contributed by atoms with E-state index in [0.717, 1.165) is 12.8 Å². The Morgan fingerprint density at radius 2 is 2.00 bits per heavy atom. The highest BCUT2D eigenvalue weighted by Gasteiger charge is 2.27. The van der Waals surface area contributed by atoms with E-state index in [2.05, 4.69) is 4.72 Å². The number of aliphatic hydroxyl groups is 1. The molecule has 3 N–H and O–H groups in total. The third-order valence-corrected chi connectivity index (χ3v) is 2.86. The van der Waals surface area contributed by atoms with Crippen LogP contribution in [0.2, 0.25) is 0 Å². The predicted molar refractivity (Wildman–Crippen MR) is 45.1 cm³/mol. The van der Waals surface area contributed by atoms with Gasteiger partial charge in [0, 0.05) is 12.6 Å². The number of rotatable bonds is 6. The van der Waals surface area contributed by atoms with E-state index in [1.54, 1.807) is 0 Å². The highest BCUT2D eigenvalue weighted by atomic mass is 32.2. The Morgan fingerprint density at radius 3 is 2.43 bits per heavy atom. The van der Waals surface area contributed by atoms with Gasteiger partial charge in [-0.25, -0.2) is 8.78 Å². The van der Waals surface area contributed by atoms with Crippen molar-refractivity contribution in [1.82, 2.24) is 9.44 Å². The Morgan fingerprint density at radius 1 is 1.43 bits per heavy atom. The van der Waals surface area contributed by atoms with Crippen molar-refractivity contribution in [1.29, 1.82) is 0 Å². The number of hydrogen-bond donors (Lipinski definition) is 3. The highest BCUT2D eigenvalue weighted by Crippen LogP contribution is 2.19. The van der Waals surface area contributed by atoms with Crippen LogP contribution < -0.4 is 9.44 Å². The zero-order valence-corrected chi connectivity index (χ0v) is 8.10. The SMILES string of the molecule is O=S(=O)(NCC(O)C(F)F)NC1CC1. The quantitative estimate of drug-likeness (QED) is 0.559. The maximum atomic E-state index is 11.8. The molecule has 84 valence electrons. The second-order valence-corrected chi connectivity index (χ2v) is 4.68. The number of halogens is 2. The fourth-order valence-corrected chi connectivity index (χ4v) is 1.89. The molecule has 0 bridgehead atoms. The van der Waals surface area contributed by atoms with Crippen LogP contribution in [0.4, 0.5) is 8.78 Å². The van der Waals surface area contributed by atoms with Gasteiger partial charge in [0.15, 0.2) is 0 Å². The zero-order chi connectivity index (χ0) is 10.8. The Labute approximate surface area is 80.7 Å². The van der Waals surface area contributed by atoms with Gasteiger partial charge >= 0.3 is 0 Å². The molecule has 0 saturated heterocycles. The van der Waals surface area contributed by atoms with Gasteiger partial charge in [0.25, 0.3) is 16.6 Å². The predicted octanol–water partition coefficient (Wildman–Crippen LogP) is -0.801. The number of nitrogens with one attached hydrogen (secondary N) is 2. The van der Waals surface area contributed by atoms with Crippen LogP contribution in [-0.2, 0) is 10.2 Å². The number of aliphatic hydroxyl groups excluding tert-OH is 1. The van der Waals surface area contributed by atoms with Crippen molar-refractivity contribution in [3.8, 4) is 0 Å². The van der Waals surface area contributed by atoms with Gasteiger partial charge in [-0.3, -0.25) is 0 Å². The van der Waals surface area contributed by atoms with Crippen LogP contribution in [0.5, 0.6) is 0 Å². The molecule has 0 amide bonds. The maximum absolute atomic E-state index is 11.8. The first kappa shape index (κ1) is 11.8. The Hall–Kier alpha value is -0.310. The Kier molecular flexibility index (Phi) is 3.76. The Balaban J connectivity index is 2.28. The molecule has 1 unspecified atom stereocenters. The third-order valence-electron chi connectivity index (χ3n) is 1.67. The lowest BCUT2D eigenvalue weighted by molar-refractivity contribution is -0.000488. The lowest BCUT2D eigenvalue weighted by Crippen LogP contribution is -2.43. The summed E-state index contributed by atoms with van der Waals surface area (Å²) < 4.78 is 49.7. The molecule has 0 heterocycles. The molecule has 14 heavy (non-hydrogen) atoms. The van der Waals surface area contributed by atoms with Crippen molar-refractivity contribution in [3.05, 3.63) is 0 Å². The summed E-state index contributed by atoms with van der Waals surface area (Å²) >= 11 is 0. The third kappa shape index (κ3) is 4.27. The summed E-state index contributed by atoms with van der Waals surface area (Å²) in [5.41, 5.74) is 0. The summed E-state index contributed by atoms with van der Waals surface area (Å²) in [6.07, 6.45) is -3.39.